The molecule has 0 bridgehead atoms. The van der Waals surface area contributed by atoms with E-state index in [1.165, 1.54) is 6.92 Å². The number of carbonyl (C=O) groups is 1. The van der Waals surface area contributed by atoms with E-state index in [0.29, 0.717) is 18.8 Å². The Morgan fingerprint density at radius 3 is 2.39 bits per heavy atom. The van der Waals surface area contributed by atoms with E-state index < -0.39 is 19.4 Å². The average molecular weight is 276 g/mol. The third-order valence-electron chi connectivity index (χ3n) is 3.21. The molecule has 6 heteroatoms. The van der Waals surface area contributed by atoms with Gasteiger partial charge in [-0.15, -0.1) is 0 Å². The van der Waals surface area contributed by atoms with Gasteiger partial charge in [-0.3, -0.25) is 9.42 Å². The van der Waals surface area contributed by atoms with E-state index in [2.05, 4.69) is 18.0 Å². The first-order chi connectivity index (χ1) is 8.14. The fourth-order valence-corrected chi connectivity index (χ4v) is 3.09. The zero-order chi connectivity index (χ0) is 14.0. The fraction of sp³-hybridized carbons (Fsp3) is 0.750. The van der Waals surface area contributed by atoms with Crippen LogP contribution in [0.4, 0.5) is 0 Å². The van der Waals surface area contributed by atoms with E-state index in [0.717, 1.165) is 12.8 Å². The summed E-state index contributed by atoms with van der Waals surface area (Å²) in [5.74, 6) is -0.314. The normalized spacial score (nSPS) is 31.4. The minimum atomic E-state index is -4.37. The lowest BCUT2D eigenvalue weighted by molar-refractivity contribution is -0.132. The van der Waals surface area contributed by atoms with Gasteiger partial charge in [0.15, 0.2) is 0 Å². The summed E-state index contributed by atoms with van der Waals surface area (Å²) in [6.45, 7) is 8.67. The summed E-state index contributed by atoms with van der Waals surface area (Å²) in [5.41, 5.74) is -0.637. The minimum absolute atomic E-state index is 0.0651. The van der Waals surface area contributed by atoms with Gasteiger partial charge in [0.2, 0.25) is 0 Å². The number of phosphoric ester groups is 1. The number of carbonyl (C=O) groups excluding carboxylic acids is 1. The second-order valence-electron chi connectivity index (χ2n) is 5.35. The largest absolute Gasteiger partial charge is 0.530 e. The Bertz CT molecular complexity index is 382. The zero-order valence-corrected chi connectivity index (χ0v) is 12.0. The van der Waals surface area contributed by atoms with Crippen molar-refractivity contribution in [3.8, 4) is 0 Å². The van der Waals surface area contributed by atoms with Crippen molar-refractivity contribution in [3.05, 3.63) is 12.2 Å². The highest BCUT2D eigenvalue weighted by Gasteiger charge is 2.39. The van der Waals surface area contributed by atoms with Crippen molar-refractivity contribution in [1.29, 1.82) is 0 Å². The van der Waals surface area contributed by atoms with Crippen LogP contribution < -0.4 is 0 Å². The Morgan fingerprint density at radius 2 is 1.94 bits per heavy atom. The van der Waals surface area contributed by atoms with Gasteiger partial charge in [-0.2, -0.15) is 0 Å². The van der Waals surface area contributed by atoms with E-state index in [1.54, 1.807) is 6.92 Å². The molecule has 0 radical (unpaired) electrons. The Morgan fingerprint density at radius 1 is 1.44 bits per heavy atom. The zero-order valence-electron chi connectivity index (χ0n) is 11.1. The van der Waals surface area contributed by atoms with Gasteiger partial charge in [0.05, 0.1) is 5.60 Å². The molecule has 5 nitrogen and oxygen atoms in total. The number of hydrogen-bond donors (Lipinski definition) is 1. The van der Waals surface area contributed by atoms with E-state index in [4.69, 9.17) is 4.52 Å². The second-order valence-corrected chi connectivity index (χ2v) is 6.65. The minimum Gasteiger partial charge on any atom is -0.367 e. The smallest absolute Gasteiger partial charge is 0.367 e. The van der Waals surface area contributed by atoms with Gasteiger partial charge in [0, 0.05) is 5.57 Å². The summed E-state index contributed by atoms with van der Waals surface area (Å²) in [5, 5.41) is 0. The van der Waals surface area contributed by atoms with Gasteiger partial charge in [0.1, 0.15) is 0 Å². The van der Waals surface area contributed by atoms with Crippen LogP contribution in [0.25, 0.3) is 0 Å². The third-order valence-corrected chi connectivity index (χ3v) is 4.28. The highest BCUT2D eigenvalue weighted by Crippen LogP contribution is 2.51. The molecule has 1 aliphatic carbocycles. The molecule has 1 fully saturated rings. The van der Waals surface area contributed by atoms with Crippen molar-refractivity contribution >= 4 is 13.8 Å². The SMILES string of the molecule is C=C(C)C(=O)OP(=O)(O)OC1(C)CCC(C)CC1. The maximum absolute atomic E-state index is 11.7. The topological polar surface area (TPSA) is 72.8 Å². The van der Waals surface area contributed by atoms with Gasteiger partial charge < -0.3 is 4.52 Å². The van der Waals surface area contributed by atoms with E-state index >= 15 is 0 Å². The number of phosphoric acid groups is 1. The molecule has 1 unspecified atom stereocenters. The maximum Gasteiger partial charge on any atom is 0.530 e. The van der Waals surface area contributed by atoms with Crippen LogP contribution in [-0.2, 0) is 18.4 Å². The Hall–Kier alpha value is -0.640. The first-order valence-electron chi connectivity index (χ1n) is 6.06. The Balaban J connectivity index is 2.62. The van der Waals surface area contributed by atoms with Crippen LogP contribution in [0.3, 0.4) is 0 Å². The lowest BCUT2D eigenvalue weighted by Crippen LogP contribution is -2.33. The Labute approximate surface area is 108 Å². The molecular formula is C12H21O5P. The molecule has 1 aliphatic rings. The summed E-state index contributed by atoms with van der Waals surface area (Å²) < 4.78 is 21.3. The number of hydrogen-bond acceptors (Lipinski definition) is 4. The predicted octanol–water partition coefficient (Wildman–Crippen LogP) is 3.19. The lowest BCUT2D eigenvalue weighted by Gasteiger charge is -2.36. The van der Waals surface area contributed by atoms with E-state index in [1.807, 2.05) is 0 Å². The molecule has 0 amide bonds. The van der Waals surface area contributed by atoms with E-state index in [9.17, 15) is 14.3 Å². The van der Waals surface area contributed by atoms with Crippen molar-refractivity contribution in [2.24, 2.45) is 5.92 Å². The van der Waals surface area contributed by atoms with Gasteiger partial charge in [-0.1, -0.05) is 13.5 Å². The molecule has 0 heterocycles. The monoisotopic (exact) mass is 276 g/mol. The molecule has 1 saturated carbocycles. The highest BCUT2D eigenvalue weighted by atomic mass is 31.2. The highest BCUT2D eigenvalue weighted by molar-refractivity contribution is 7.48. The van der Waals surface area contributed by atoms with Crippen LogP contribution in [0.1, 0.15) is 46.5 Å². The van der Waals surface area contributed by atoms with Crippen molar-refractivity contribution in [2.75, 3.05) is 0 Å². The van der Waals surface area contributed by atoms with Crippen LogP contribution in [0, 0.1) is 5.92 Å². The van der Waals surface area contributed by atoms with E-state index in [-0.39, 0.29) is 5.57 Å². The molecule has 0 aliphatic heterocycles. The summed E-state index contributed by atoms with van der Waals surface area (Å²) in [6, 6.07) is 0. The van der Waals surface area contributed by atoms with Crippen LogP contribution in [-0.4, -0.2) is 16.5 Å². The molecule has 104 valence electrons. The summed E-state index contributed by atoms with van der Waals surface area (Å²) in [6.07, 6.45) is 3.24. The Kier molecular flexibility index (Phi) is 4.76. The quantitative estimate of drug-likeness (QED) is 0.630. The second kappa shape index (κ2) is 5.55. The third kappa shape index (κ3) is 4.56. The molecule has 18 heavy (non-hydrogen) atoms. The van der Waals surface area contributed by atoms with Crippen LogP contribution in [0.5, 0.6) is 0 Å². The summed E-state index contributed by atoms with van der Waals surface area (Å²) in [7, 11) is -4.37. The van der Waals surface area contributed by atoms with Gasteiger partial charge in [-0.25, -0.2) is 9.36 Å². The van der Waals surface area contributed by atoms with Crippen molar-refractivity contribution in [2.45, 2.75) is 52.1 Å². The first-order valence-corrected chi connectivity index (χ1v) is 7.56. The van der Waals surface area contributed by atoms with Crippen LogP contribution in [0.2, 0.25) is 0 Å². The molecule has 0 aromatic carbocycles. The van der Waals surface area contributed by atoms with Crippen LogP contribution in [0.15, 0.2) is 12.2 Å². The lowest BCUT2D eigenvalue weighted by atomic mass is 9.81. The van der Waals surface area contributed by atoms with Crippen molar-refractivity contribution < 1.29 is 23.3 Å². The van der Waals surface area contributed by atoms with Gasteiger partial charge in [-0.05, 0) is 45.4 Å². The average Bonchev–Trinajstić information content (AvgIpc) is 2.21. The molecule has 0 saturated heterocycles. The van der Waals surface area contributed by atoms with Gasteiger partial charge >= 0.3 is 13.8 Å². The molecular weight excluding hydrogens is 255 g/mol. The fourth-order valence-electron chi connectivity index (χ4n) is 1.94. The summed E-state index contributed by atoms with van der Waals surface area (Å²) >= 11 is 0. The number of rotatable bonds is 4. The maximum atomic E-state index is 11.7. The molecule has 0 spiro atoms. The molecule has 1 rings (SSSR count). The molecule has 0 aromatic rings. The molecule has 1 atom stereocenters. The predicted molar refractivity (Wildman–Crippen MR) is 67.9 cm³/mol. The van der Waals surface area contributed by atoms with Crippen molar-refractivity contribution in [1.82, 2.24) is 0 Å². The first kappa shape index (κ1) is 15.4. The molecule has 1 N–H and O–H groups in total. The molecule has 0 aromatic heterocycles. The van der Waals surface area contributed by atoms with Crippen molar-refractivity contribution in [3.63, 3.8) is 0 Å². The standard InChI is InChI=1S/C12H21O5P/c1-9(2)11(13)16-18(14,15)17-12(4)7-5-10(3)6-8-12/h10H,1,5-8H2,2-4H3,(H,14,15). The van der Waals surface area contributed by atoms with Gasteiger partial charge in [0.25, 0.3) is 0 Å². The summed E-state index contributed by atoms with van der Waals surface area (Å²) in [4.78, 5) is 20.8. The van der Waals surface area contributed by atoms with Crippen LogP contribution >= 0.6 is 7.82 Å².